The lowest BCUT2D eigenvalue weighted by Crippen LogP contribution is -2.33. The molecule has 5 nitrogen and oxygen atoms in total. The van der Waals surface area contributed by atoms with E-state index in [1.165, 1.54) is 13.0 Å². The van der Waals surface area contributed by atoms with Gasteiger partial charge in [-0.3, -0.25) is 4.79 Å². The van der Waals surface area contributed by atoms with Crippen LogP contribution in [0.5, 0.6) is 0 Å². The Morgan fingerprint density at radius 3 is 2.44 bits per heavy atom. The maximum atomic E-state index is 13.4. The molecule has 2 aromatic carbocycles. The van der Waals surface area contributed by atoms with Gasteiger partial charge in [0.25, 0.3) is 0 Å². The van der Waals surface area contributed by atoms with Gasteiger partial charge in [-0.25, -0.2) is 0 Å². The Kier molecular flexibility index (Phi) is 4.95. The molecule has 0 spiro atoms. The highest BCUT2D eigenvalue weighted by atomic mass is 19.4. The number of anilines is 2. The Bertz CT molecular complexity index is 1250. The molecule has 2 heterocycles. The number of alkyl halides is 3. The van der Waals surface area contributed by atoms with Gasteiger partial charge in [0.1, 0.15) is 0 Å². The largest absolute Gasteiger partial charge is 0.416 e. The van der Waals surface area contributed by atoms with Gasteiger partial charge in [-0.1, -0.05) is 12.1 Å². The molecule has 1 aromatic heterocycles. The van der Waals surface area contributed by atoms with Crippen molar-refractivity contribution in [1.82, 2.24) is 10.2 Å². The third kappa shape index (κ3) is 3.29. The first kappa shape index (κ1) is 22.0. The fourth-order valence-corrected chi connectivity index (χ4v) is 4.56. The number of halogens is 3. The summed E-state index contributed by atoms with van der Waals surface area (Å²) in [4.78, 5) is 14.4. The molecule has 1 N–H and O–H groups in total. The van der Waals surface area contributed by atoms with E-state index in [0.717, 1.165) is 28.1 Å². The molecule has 0 bridgehead atoms. The second kappa shape index (κ2) is 7.18. The first-order chi connectivity index (χ1) is 14.8. The van der Waals surface area contributed by atoms with Crippen molar-refractivity contribution in [1.29, 1.82) is 0 Å². The molecule has 32 heavy (non-hydrogen) atoms. The Morgan fingerprint density at radius 2 is 1.78 bits per heavy atom. The maximum Gasteiger partial charge on any atom is 0.416 e. The molecular weight excluding hydrogens is 417 g/mol. The van der Waals surface area contributed by atoms with Crippen LogP contribution in [0.25, 0.3) is 10.8 Å². The van der Waals surface area contributed by atoms with Gasteiger partial charge in [-0.05, 0) is 69.5 Å². The van der Waals surface area contributed by atoms with E-state index in [4.69, 9.17) is 0 Å². The molecule has 1 atom stereocenters. The molecule has 8 heteroatoms. The first-order valence-electron chi connectivity index (χ1n) is 10.4. The van der Waals surface area contributed by atoms with E-state index < -0.39 is 23.2 Å². The number of amides is 1. The van der Waals surface area contributed by atoms with Crippen molar-refractivity contribution < 1.29 is 18.0 Å². The number of carbonyl (C=O) groups is 1. The van der Waals surface area contributed by atoms with Gasteiger partial charge >= 0.3 is 6.18 Å². The molecule has 1 unspecified atom stereocenters. The summed E-state index contributed by atoms with van der Waals surface area (Å²) in [5.74, 6) is 0.465. The number of aryl methyl sites for hydroxylation is 1. The van der Waals surface area contributed by atoms with Gasteiger partial charge in [-0.2, -0.15) is 18.3 Å². The number of aromatic nitrogens is 2. The zero-order valence-electron chi connectivity index (χ0n) is 18.8. The third-order valence-electron chi connectivity index (χ3n) is 6.46. The second-order valence-corrected chi connectivity index (χ2v) is 8.92. The zero-order chi connectivity index (χ0) is 23.6. The van der Waals surface area contributed by atoms with Gasteiger partial charge in [0.05, 0.1) is 22.7 Å². The van der Waals surface area contributed by atoms with Crippen LogP contribution in [0.4, 0.5) is 24.7 Å². The molecule has 0 saturated carbocycles. The molecule has 1 aliphatic heterocycles. The van der Waals surface area contributed by atoms with Crippen molar-refractivity contribution in [3.63, 3.8) is 0 Å². The van der Waals surface area contributed by atoms with Crippen LogP contribution < -0.4 is 10.2 Å². The average molecular weight is 442 g/mol. The highest BCUT2D eigenvalue weighted by molar-refractivity contribution is 6.10. The maximum absolute atomic E-state index is 13.4. The summed E-state index contributed by atoms with van der Waals surface area (Å²) in [6.07, 6.45) is -4.42. The predicted octanol–water partition coefficient (Wildman–Crippen LogP) is 5.69. The number of hydrogen-bond donors (Lipinski definition) is 1. The van der Waals surface area contributed by atoms with Crippen LogP contribution in [0, 0.1) is 13.8 Å². The van der Waals surface area contributed by atoms with Crippen LogP contribution in [-0.2, 0) is 16.4 Å². The lowest BCUT2D eigenvalue weighted by molar-refractivity contribution is -0.138. The number of carbonyl (C=O) groups excluding carboxylic acids is 1. The van der Waals surface area contributed by atoms with E-state index >= 15 is 0 Å². The van der Waals surface area contributed by atoms with Gasteiger partial charge in [0.2, 0.25) is 5.91 Å². The topological polar surface area (TPSA) is 58.1 Å². The third-order valence-corrected chi connectivity index (χ3v) is 6.46. The van der Waals surface area contributed by atoms with Crippen molar-refractivity contribution in [3.8, 4) is 0 Å². The quantitative estimate of drug-likeness (QED) is 0.566. The lowest BCUT2D eigenvalue weighted by atomic mass is 9.85. The number of fused-ring (bicyclic) bond motifs is 2. The van der Waals surface area contributed by atoms with Gasteiger partial charge in [-0.15, -0.1) is 5.10 Å². The summed E-state index contributed by atoms with van der Waals surface area (Å²) in [6.45, 7) is 8.91. The summed E-state index contributed by atoms with van der Waals surface area (Å²) < 4.78 is 40.1. The van der Waals surface area contributed by atoms with E-state index in [1.54, 1.807) is 24.9 Å². The minimum absolute atomic E-state index is 0.00356. The second-order valence-electron chi connectivity index (χ2n) is 8.92. The van der Waals surface area contributed by atoms with Gasteiger partial charge in [0, 0.05) is 23.5 Å². The molecule has 0 saturated heterocycles. The predicted molar refractivity (Wildman–Crippen MR) is 119 cm³/mol. The van der Waals surface area contributed by atoms with E-state index in [0.29, 0.717) is 17.1 Å². The Morgan fingerprint density at radius 1 is 1.09 bits per heavy atom. The van der Waals surface area contributed by atoms with E-state index in [2.05, 4.69) is 15.5 Å². The fourth-order valence-electron chi connectivity index (χ4n) is 4.56. The normalized spacial score (nSPS) is 16.4. The van der Waals surface area contributed by atoms with Gasteiger partial charge in [0.15, 0.2) is 5.82 Å². The minimum Gasteiger partial charge on any atom is -0.362 e. The molecule has 0 fully saturated rings. The molecule has 168 valence electrons. The molecule has 4 rings (SSSR count). The van der Waals surface area contributed by atoms with E-state index in [1.807, 2.05) is 32.9 Å². The molecular formula is C24H25F3N4O. The van der Waals surface area contributed by atoms with E-state index in [-0.39, 0.29) is 11.5 Å². The summed E-state index contributed by atoms with van der Waals surface area (Å²) >= 11 is 0. The standard InChI is InChI=1S/C24H25F3N4O/c1-12-15(8-7-9-18(12)24(25,26)27)13(2)28-21-17-11-20-19(10-16(17)14(3)29-30-21)23(4,5)22(32)31(20)6/h7-11,13H,1-6H3,(H,28,30). The number of nitrogens with one attached hydrogen (secondary N) is 1. The van der Waals surface area contributed by atoms with Crippen molar-refractivity contribution in [2.24, 2.45) is 0 Å². The molecule has 1 aliphatic rings. The SMILES string of the molecule is Cc1c(C(C)Nc2nnc(C)c3cc4c(cc23)N(C)C(=O)C4(C)C)cccc1C(F)(F)F. The molecule has 3 aromatic rings. The highest BCUT2D eigenvalue weighted by Gasteiger charge is 2.42. The highest BCUT2D eigenvalue weighted by Crippen LogP contribution is 2.44. The van der Waals surface area contributed by atoms with Crippen molar-refractivity contribution in [2.45, 2.75) is 52.3 Å². The first-order valence-corrected chi connectivity index (χ1v) is 10.4. The van der Waals surface area contributed by atoms with Crippen molar-refractivity contribution in [2.75, 3.05) is 17.3 Å². The number of nitrogens with zero attached hydrogens (tertiary/aromatic N) is 3. The van der Waals surface area contributed by atoms with Crippen LogP contribution in [0.1, 0.15) is 54.8 Å². The molecule has 0 aliphatic carbocycles. The Balaban J connectivity index is 1.81. The number of benzene rings is 2. The summed E-state index contributed by atoms with van der Waals surface area (Å²) in [5, 5.41) is 13.4. The van der Waals surface area contributed by atoms with Crippen molar-refractivity contribution in [3.05, 3.63) is 58.3 Å². The van der Waals surface area contributed by atoms with Crippen LogP contribution in [-0.4, -0.2) is 23.2 Å². The van der Waals surface area contributed by atoms with Crippen LogP contribution >= 0.6 is 0 Å². The number of hydrogen-bond acceptors (Lipinski definition) is 4. The Labute approximate surface area is 184 Å². The van der Waals surface area contributed by atoms with Crippen LogP contribution in [0.2, 0.25) is 0 Å². The number of rotatable bonds is 3. The summed E-state index contributed by atoms with van der Waals surface area (Å²) in [7, 11) is 1.74. The van der Waals surface area contributed by atoms with Gasteiger partial charge < -0.3 is 10.2 Å². The Hall–Kier alpha value is -3.16. The minimum atomic E-state index is -4.42. The van der Waals surface area contributed by atoms with Crippen LogP contribution in [0.3, 0.4) is 0 Å². The summed E-state index contributed by atoms with van der Waals surface area (Å²) in [5.41, 5.74) is 1.84. The molecule has 1 amide bonds. The summed E-state index contributed by atoms with van der Waals surface area (Å²) in [6, 6.07) is 7.62. The fraction of sp³-hybridized carbons (Fsp3) is 0.375. The van der Waals surface area contributed by atoms with E-state index in [9.17, 15) is 18.0 Å². The molecule has 0 radical (unpaired) electrons. The lowest BCUT2D eigenvalue weighted by Gasteiger charge is -2.21. The monoisotopic (exact) mass is 442 g/mol. The smallest absolute Gasteiger partial charge is 0.362 e. The van der Waals surface area contributed by atoms with Crippen molar-refractivity contribution >= 4 is 28.2 Å². The average Bonchev–Trinajstić information content (AvgIpc) is 2.88. The zero-order valence-corrected chi connectivity index (χ0v) is 18.8. The van der Waals surface area contributed by atoms with Crippen LogP contribution in [0.15, 0.2) is 30.3 Å². The number of likely N-dealkylation sites (N-methyl/N-ethyl adjacent to an activating group) is 1.